The molecule has 0 heterocycles. The topological polar surface area (TPSA) is 89.0 Å². The Hall–Kier alpha value is -3.75. The summed E-state index contributed by atoms with van der Waals surface area (Å²) < 4.78 is 11.5. The summed E-state index contributed by atoms with van der Waals surface area (Å²) in [4.78, 5) is 26.1. The van der Waals surface area contributed by atoms with Crippen LogP contribution in [0.4, 0.5) is 0 Å². The Bertz CT molecular complexity index is 1580. The predicted octanol–water partition coefficient (Wildman–Crippen LogP) is 7.52. The molecule has 2 atom stereocenters. The minimum atomic E-state index is -0.940. The zero-order valence-corrected chi connectivity index (χ0v) is 25.9. The molecule has 0 bridgehead atoms. The van der Waals surface area contributed by atoms with Gasteiger partial charge in [-0.3, -0.25) is 9.59 Å². The summed E-state index contributed by atoms with van der Waals surface area (Å²) in [5, 5.41) is 8.63. The van der Waals surface area contributed by atoms with Crippen molar-refractivity contribution in [2.75, 3.05) is 0 Å². The van der Waals surface area contributed by atoms with Crippen LogP contribution in [0.3, 0.4) is 0 Å². The van der Waals surface area contributed by atoms with E-state index in [2.05, 4.69) is 15.8 Å². The van der Waals surface area contributed by atoms with Gasteiger partial charge >= 0.3 is 0 Å². The Balaban J connectivity index is 1.35. The number of hydrogen-bond acceptors (Lipinski definition) is 5. The second-order valence-electron chi connectivity index (χ2n) is 9.41. The van der Waals surface area contributed by atoms with E-state index in [9.17, 15) is 9.59 Å². The molecule has 0 saturated carbocycles. The summed E-state index contributed by atoms with van der Waals surface area (Å²) >= 11 is 24.3. The second kappa shape index (κ2) is 15.6. The molecule has 2 N–H and O–H groups in total. The van der Waals surface area contributed by atoms with Crippen LogP contribution in [-0.2, 0) is 22.6 Å². The van der Waals surface area contributed by atoms with Crippen molar-refractivity contribution >= 4 is 64.4 Å². The maximum atomic E-state index is 13.1. The molecular formula is C32H27Cl4N3O4. The van der Waals surface area contributed by atoms with Crippen molar-refractivity contribution in [2.24, 2.45) is 5.10 Å². The molecule has 4 aromatic rings. The first kappa shape index (κ1) is 32.2. The van der Waals surface area contributed by atoms with Gasteiger partial charge in [0.25, 0.3) is 11.8 Å². The molecule has 11 heteroatoms. The number of hydrazone groups is 1. The molecule has 4 rings (SSSR count). The Morgan fingerprint density at radius 2 is 1.51 bits per heavy atom. The SMILES string of the molecule is C[C@@H](Oc1ccc(Cl)cc1Cl)C(=O)N[C@@H](Cc1ccccc1)C(=O)N/N=C\c1ccc(OCc2ccc(Cl)cc2Cl)cc1. The van der Waals surface area contributed by atoms with E-state index in [0.717, 1.165) is 16.7 Å². The Morgan fingerprint density at radius 3 is 2.19 bits per heavy atom. The monoisotopic (exact) mass is 657 g/mol. The van der Waals surface area contributed by atoms with Crippen molar-refractivity contribution < 1.29 is 19.1 Å². The first-order valence-electron chi connectivity index (χ1n) is 13.1. The van der Waals surface area contributed by atoms with Gasteiger partial charge in [-0.05, 0) is 72.6 Å². The van der Waals surface area contributed by atoms with Crippen molar-refractivity contribution in [1.29, 1.82) is 0 Å². The van der Waals surface area contributed by atoms with Crippen LogP contribution in [-0.4, -0.2) is 30.2 Å². The molecule has 2 amide bonds. The number of amides is 2. The lowest BCUT2D eigenvalue weighted by Crippen LogP contribution is -2.50. The maximum absolute atomic E-state index is 13.1. The maximum Gasteiger partial charge on any atom is 0.262 e. The first-order valence-corrected chi connectivity index (χ1v) is 14.6. The summed E-state index contributed by atoms with van der Waals surface area (Å²) in [7, 11) is 0. The quantitative estimate of drug-likeness (QED) is 0.122. The molecule has 0 aliphatic rings. The fourth-order valence-corrected chi connectivity index (χ4v) is 4.78. The number of benzene rings is 4. The third kappa shape index (κ3) is 9.90. The molecule has 0 spiro atoms. The van der Waals surface area contributed by atoms with Gasteiger partial charge < -0.3 is 14.8 Å². The van der Waals surface area contributed by atoms with E-state index in [-0.39, 0.29) is 18.1 Å². The largest absolute Gasteiger partial charge is 0.489 e. The summed E-state index contributed by atoms with van der Waals surface area (Å²) in [5.41, 5.74) is 4.91. The van der Waals surface area contributed by atoms with Crippen LogP contribution in [0.25, 0.3) is 0 Å². The average molecular weight is 659 g/mol. The van der Waals surface area contributed by atoms with E-state index < -0.39 is 24.0 Å². The lowest BCUT2D eigenvalue weighted by atomic mass is 10.1. The standard InChI is InChI=1S/C32H27Cl4N3O4/c1-20(43-30-14-11-25(34)17-28(30)36)31(40)38-29(15-21-5-3-2-4-6-21)32(41)39-37-18-22-7-12-26(13-8-22)42-19-23-9-10-24(33)16-27(23)35/h2-14,16-18,20,29H,15,19H2,1H3,(H,38,40)(H,39,41)/b37-18-/t20-,29+/m1/s1. The number of nitrogens with zero attached hydrogens (tertiary/aromatic N) is 1. The number of halogens is 4. The van der Waals surface area contributed by atoms with E-state index in [1.54, 1.807) is 55.5 Å². The van der Waals surface area contributed by atoms with Gasteiger partial charge in [0.1, 0.15) is 24.1 Å². The van der Waals surface area contributed by atoms with Crippen LogP contribution in [0, 0.1) is 0 Å². The minimum Gasteiger partial charge on any atom is -0.489 e. The lowest BCUT2D eigenvalue weighted by Gasteiger charge is -2.21. The normalized spacial score (nSPS) is 12.4. The zero-order chi connectivity index (χ0) is 30.8. The van der Waals surface area contributed by atoms with Crippen molar-refractivity contribution in [3.05, 3.63) is 128 Å². The molecule has 7 nitrogen and oxygen atoms in total. The summed E-state index contributed by atoms with van der Waals surface area (Å²) in [5.74, 6) is -0.0619. The molecule has 43 heavy (non-hydrogen) atoms. The van der Waals surface area contributed by atoms with Crippen LogP contribution in [0.15, 0.2) is 96.1 Å². The van der Waals surface area contributed by atoms with Gasteiger partial charge in [0, 0.05) is 27.1 Å². The van der Waals surface area contributed by atoms with Gasteiger partial charge in [-0.25, -0.2) is 5.43 Å². The van der Waals surface area contributed by atoms with E-state index >= 15 is 0 Å². The molecule has 0 fully saturated rings. The summed E-state index contributed by atoms with van der Waals surface area (Å²) in [6.07, 6.45) is 0.795. The van der Waals surface area contributed by atoms with Gasteiger partial charge in [-0.15, -0.1) is 0 Å². The van der Waals surface area contributed by atoms with Gasteiger partial charge in [-0.2, -0.15) is 5.10 Å². The van der Waals surface area contributed by atoms with Crippen molar-refractivity contribution in [1.82, 2.24) is 10.7 Å². The minimum absolute atomic E-state index is 0.242. The highest BCUT2D eigenvalue weighted by Crippen LogP contribution is 2.28. The molecule has 222 valence electrons. The van der Waals surface area contributed by atoms with Crippen molar-refractivity contribution in [3.63, 3.8) is 0 Å². The first-order chi connectivity index (χ1) is 20.7. The van der Waals surface area contributed by atoms with Crippen LogP contribution in [0.1, 0.15) is 23.6 Å². The molecular weight excluding hydrogens is 632 g/mol. The van der Waals surface area contributed by atoms with Gasteiger partial charge in [0.05, 0.1) is 11.2 Å². The third-order valence-corrected chi connectivity index (χ3v) is 7.28. The van der Waals surface area contributed by atoms with Crippen molar-refractivity contribution in [2.45, 2.75) is 32.1 Å². The van der Waals surface area contributed by atoms with E-state index in [1.807, 2.05) is 36.4 Å². The molecule has 0 aliphatic carbocycles. The molecule has 0 unspecified atom stereocenters. The Labute approximate surface area is 269 Å². The number of nitrogens with one attached hydrogen (secondary N) is 2. The molecule has 0 radical (unpaired) electrons. The highest BCUT2D eigenvalue weighted by atomic mass is 35.5. The fourth-order valence-electron chi connectivity index (χ4n) is 3.86. The smallest absolute Gasteiger partial charge is 0.262 e. The van der Waals surface area contributed by atoms with E-state index in [4.69, 9.17) is 55.9 Å². The van der Waals surface area contributed by atoms with Crippen molar-refractivity contribution in [3.8, 4) is 11.5 Å². The molecule has 4 aromatic carbocycles. The molecule has 0 saturated heterocycles. The lowest BCUT2D eigenvalue weighted by molar-refractivity contribution is -0.132. The van der Waals surface area contributed by atoms with Crippen LogP contribution in [0.2, 0.25) is 20.1 Å². The number of carbonyl (C=O) groups excluding carboxylic acids is 2. The van der Waals surface area contributed by atoms with Gasteiger partial charge in [-0.1, -0.05) is 82.8 Å². The molecule has 0 aromatic heterocycles. The number of hydrogen-bond donors (Lipinski definition) is 2. The van der Waals surface area contributed by atoms with Gasteiger partial charge in [0.15, 0.2) is 6.10 Å². The Kier molecular flexibility index (Phi) is 11.7. The third-order valence-electron chi connectivity index (χ3n) is 6.16. The van der Waals surface area contributed by atoms with E-state index in [0.29, 0.717) is 26.6 Å². The zero-order valence-electron chi connectivity index (χ0n) is 22.9. The van der Waals surface area contributed by atoms with Crippen LogP contribution >= 0.6 is 46.4 Å². The van der Waals surface area contributed by atoms with Gasteiger partial charge in [0.2, 0.25) is 0 Å². The summed E-state index contributed by atoms with van der Waals surface area (Å²) in [6, 6.07) is 25.5. The summed E-state index contributed by atoms with van der Waals surface area (Å²) in [6.45, 7) is 1.84. The van der Waals surface area contributed by atoms with Crippen LogP contribution in [0.5, 0.6) is 11.5 Å². The molecule has 0 aliphatic heterocycles. The van der Waals surface area contributed by atoms with E-state index in [1.165, 1.54) is 12.3 Å². The fraction of sp³-hybridized carbons (Fsp3) is 0.156. The highest BCUT2D eigenvalue weighted by molar-refractivity contribution is 6.35. The number of carbonyl (C=O) groups is 2. The average Bonchev–Trinajstić information content (AvgIpc) is 2.99. The number of ether oxygens (including phenoxy) is 2. The highest BCUT2D eigenvalue weighted by Gasteiger charge is 2.25. The number of rotatable bonds is 12. The second-order valence-corrected chi connectivity index (χ2v) is 11.1. The predicted molar refractivity (Wildman–Crippen MR) is 172 cm³/mol. The Morgan fingerprint density at radius 1 is 0.837 bits per heavy atom. The van der Waals surface area contributed by atoms with Crippen LogP contribution < -0.4 is 20.2 Å².